The van der Waals surface area contributed by atoms with Gasteiger partial charge in [-0.1, -0.05) is 27.2 Å². The van der Waals surface area contributed by atoms with E-state index in [2.05, 4.69) is 18.8 Å². The van der Waals surface area contributed by atoms with Crippen LogP contribution in [0.25, 0.3) is 0 Å². The first-order chi connectivity index (χ1) is 10.2. The fourth-order valence-electron chi connectivity index (χ4n) is 2.06. The molecule has 1 fully saturated rings. The zero-order valence-electron chi connectivity index (χ0n) is 12.9. The third-order valence-electron chi connectivity index (χ3n) is 3.16. The van der Waals surface area contributed by atoms with Gasteiger partial charge < -0.3 is 10.0 Å². The maximum absolute atomic E-state index is 12.6. The maximum atomic E-state index is 12.6. The van der Waals surface area contributed by atoms with Gasteiger partial charge in [-0.2, -0.15) is 18.4 Å². The number of rotatable bonds is 1. The van der Waals surface area contributed by atoms with Crippen LogP contribution in [-0.4, -0.2) is 29.3 Å². The van der Waals surface area contributed by atoms with Crippen molar-refractivity contribution in [2.24, 2.45) is 5.92 Å². The lowest BCUT2D eigenvalue weighted by Gasteiger charge is -2.19. The van der Waals surface area contributed by atoms with Gasteiger partial charge in [-0.15, -0.1) is 0 Å². The van der Waals surface area contributed by atoms with E-state index in [0.29, 0.717) is 6.54 Å². The lowest BCUT2D eigenvalue weighted by molar-refractivity contribution is -0.141. The molecule has 0 saturated carbocycles. The summed E-state index contributed by atoms with van der Waals surface area (Å²) < 4.78 is 37.9. The van der Waals surface area contributed by atoms with Crippen molar-refractivity contribution < 1.29 is 18.3 Å². The molecular weight excluding hydrogens is 295 g/mol. The number of aromatic nitrogens is 1. The Morgan fingerprint density at radius 3 is 2.36 bits per heavy atom. The topological polar surface area (TPSA) is 60.2 Å². The highest BCUT2D eigenvalue weighted by Crippen LogP contribution is 2.32. The van der Waals surface area contributed by atoms with Crippen molar-refractivity contribution in [3.05, 3.63) is 23.4 Å². The van der Waals surface area contributed by atoms with Crippen LogP contribution in [0.3, 0.4) is 0 Å². The first-order valence-corrected chi connectivity index (χ1v) is 7.15. The number of hydrogen-bond acceptors (Lipinski definition) is 4. The van der Waals surface area contributed by atoms with Gasteiger partial charge in [-0.3, -0.25) is 0 Å². The number of halogens is 3. The predicted octanol–water partition coefficient (Wildman–Crippen LogP) is 3.21. The van der Waals surface area contributed by atoms with Crippen LogP contribution in [0.15, 0.2) is 12.1 Å². The van der Waals surface area contributed by atoms with Gasteiger partial charge in [0.25, 0.3) is 0 Å². The number of nitrogens with zero attached hydrogens (tertiary/aromatic N) is 3. The fraction of sp³-hybridized carbons (Fsp3) is 0.600. The molecule has 22 heavy (non-hydrogen) atoms. The third-order valence-corrected chi connectivity index (χ3v) is 3.16. The van der Waals surface area contributed by atoms with Crippen LogP contribution in [-0.2, 0) is 6.18 Å². The zero-order chi connectivity index (χ0) is 16.9. The first kappa shape index (κ1) is 18.2. The molecule has 0 aromatic carbocycles. The molecule has 122 valence electrons. The van der Waals surface area contributed by atoms with Crippen molar-refractivity contribution in [2.45, 2.75) is 39.5 Å². The largest absolute Gasteiger partial charge is 0.433 e. The van der Waals surface area contributed by atoms with E-state index >= 15 is 0 Å². The molecule has 2 rings (SSSR count). The van der Waals surface area contributed by atoms with Crippen molar-refractivity contribution in [3.63, 3.8) is 0 Å². The van der Waals surface area contributed by atoms with Gasteiger partial charge in [0.2, 0.25) is 0 Å². The summed E-state index contributed by atoms with van der Waals surface area (Å²) in [5.41, 5.74) is -0.954. The number of aliphatic hydroxyl groups is 1. The Morgan fingerprint density at radius 1 is 1.36 bits per heavy atom. The summed E-state index contributed by atoms with van der Waals surface area (Å²) in [5.74, 6) is -0.0800. The minimum atomic E-state index is -4.55. The molecule has 2 atom stereocenters. The molecule has 0 unspecified atom stereocenters. The minimum absolute atomic E-state index is 0.0132. The molecule has 1 aromatic heterocycles. The maximum Gasteiger partial charge on any atom is 0.433 e. The summed E-state index contributed by atoms with van der Waals surface area (Å²) >= 11 is 0. The summed E-state index contributed by atoms with van der Waals surface area (Å²) in [6.45, 7) is 6.61. The smallest absolute Gasteiger partial charge is 0.391 e. The van der Waals surface area contributed by atoms with E-state index in [4.69, 9.17) is 5.26 Å². The second kappa shape index (κ2) is 7.45. The Labute approximate surface area is 128 Å². The summed E-state index contributed by atoms with van der Waals surface area (Å²) in [4.78, 5) is 5.05. The number of pyridine rings is 1. The minimum Gasteiger partial charge on any atom is -0.391 e. The van der Waals surface area contributed by atoms with E-state index in [-0.39, 0.29) is 23.8 Å². The van der Waals surface area contributed by atoms with Gasteiger partial charge in [-0.05, 0) is 12.1 Å². The molecule has 0 aliphatic carbocycles. The molecule has 1 aliphatic heterocycles. The molecule has 1 aliphatic rings. The van der Waals surface area contributed by atoms with Gasteiger partial charge in [0.15, 0.2) is 0 Å². The number of alkyl halides is 3. The lowest BCUT2D eigenvalue weighted by atomic mass is 10.1. The average molecular weight is 315 g/mol. The number of β-amino-alcohol motifs (C(OH)–C–C–N with tert-alkyl or cyclic N) is 1. The fourth-order valence-corrected chi connectivity index (χ4v) is 2.06. The summed E-state index contributed by atoms with van der Waals surface area (Å²) in [5, 5.41) is 18.6. The zero-order valence-corrected chi connectivity index (χ0v) is 12.9. The van der Waals surface area contributed by atoms with Crippen molar-refractivity contribution in [1.82, 2.24) is 4.98 Å². The van der Waals surface area contributed by atoms with Crippen molar-refractivity contribution >= 4 is 5.82 Å². The molecule has 0 bridgehead atoms. The van der Waals surface area contributed by atoms with Crippen LogP contribution in [0.2, 0.25) is 0 Å². The Kier molecular flexibility index (Phi) is 6.18. The Morgan fingerprint density at radius 2 is 1.95 bits per heavy atom. The highest BCUT2D eigenvalue weighted by molar-refractivity contribution is 5.55. The monoisotopic (exact) mass is 315 g/mol. The van der Waals surface area contributed by atoms with Gasteiger partial charge in [0.05, 0.1) is 11.7 Å². The molecule has 7 heteroatoms. The molecule has 0 spiro atoms. The average Bonchev–Trinajstić information content (AvgIpc) is 2.78. The van der Waals surface area contributed by atoms with Crippen LogP contribution in [0, 0.1) is 17.2 Å². The van der Waals surface area contributed by atoms with Crippen LogP contribution in [0.4, 0.5) is 19.0 Å². The first-order valence-electron chi connectivity index (χ1n) is 7.15. The molecule has 1 saturated heterocycles. The molecule has 1 aromatic rings. The van der Waals surface area contributed by atoms with Crippen LogP contribution in [0.5, 0.6) is 0 Å². The second-order valence-corrected chi connectivity index (χ2v) is 5.33. The Balaban J connectivity index is 0.000000745. The quantitative estimate of drug-likeness (QED) is 0.864. The van der Waals surface area contributed by atoms with Gasteiger partial charge in [-0.25, -0.2) is 4.98 Å². The molecular formula is C15H20F3N3O. The molecule has 1 N–H and O–H groups in total. The third kappa shape index (κ3) is 4.34. The Bertz CT molecular complexity index is 530. The van der Waals surface area contributed by atoms with Crippen LogP contribution in [0.1, 0.15) is 38.4 Å². The summed E-state index contributed by atoms with van der Waals surface area (Å²) in [6.07, 6.45) is -3.92. The number of aliphatic hydroxyl groups excluding tert-OH is 1. The van der Waals surface area contributed by atoms with Crippen molar-refractivity contribution in [3.8, 4) is 6.07 Å². The SMILES string of the molecule is CCC.C[C@H]1CN(c2nc(C(F)(F)F)ccc2C#N)C[C@H]1O. The number of hydrogen-bond donors (Lipinski definition) is 1. The normalized spacial score (nSPS) is 21.1. The van der Waals surface area contributed by atoms with Crippen LogP contribution < -0.4 is 4.90 Å². The van der Waals surface area contributed by atoms with Crippen molar-refractivity contribution in [2.75, 3.05) is 18.0 Å². The van der Waals surface area contributed by atoms with Gasteiger partial charge in [0, 0.05) is 19.0 Å². The molecule has 2 heterocycles. The van der Waals surface area contributed by atoms with E-state index in [1.807, 2.05) is 6.07 Å². The van der Waals surface area contributed by atoms with E-state index in [1.165, 1.54) is 11.3 Å². The standard InChI is InChI=1S/C12H12F3N3O.C3H8/c1-7-5-18(6-9(7)19)11-8(4-16)2-3-10(17-11)12(13,14)15;1-3-2/h2-3,7,9,19H,5-6H2,1H3;3H2,1-2H3/t7-,9+;/m0./s1. The van der Waals surface area contributed by atoms with Crippen LogP contribution >= 0.6 is 0 Å². The highest BCUT2D eigenvalue weighted by atomic mass is 19.4. The predicted molar refractivity (Wildman–Crippen MR) is 77.3 cm³/mol. The van der Waals surface area contributed by atoms with Crippen molar-refractivity contribution in [1.29, 1.82) is 5.26 Å². The highest BCUT2D eigenvalue weighted by Gasteiger charge is 2.35. The van der Waals surface area contributed by atoms with E-state index in [1.54, 1.807) is 6.92 Å². The van der Waals surface area contributed by atoms with Gasteiger partial charge >= 0.3 is 6.18 Å². The second-order valence-electron chi connectivity index (χ2n) is 5.33. The summed E-state index contributed by atoms with van der Waals surface area (Å²) in [6, 6.07) is 3.73. The van der Waals surface area contributed by atoms with E-state index in [0.717, 1.165) is 12.1 Å². The molecule has 0 amide bonds. The number of anilines is 1. The summed E-state index contributed by atoms with van der Waals surface area (Å²) in [7, 11) is 0. The van der Waals surface area contributed by atoms with Gasteiger partial charge in [0.1, 0.15) is 17.6 Å². The Hall–Kier alpha value is -1.81. The van der Waals surface area contributed by atoms with E-state index in [9.17, 15) is 18.3 Å². The lowest BCUT2D eigenvalue weighted by Crippen LogP contribution is -2.24. The van der Waals surface area contributed by atoms with E-state index < -0.39 is 18.0 Å². The molecule has 0 radical (unpaired) electrons. The molecule has 4 nitrogen and oxygen atoms in total. The number of nitriles is 1.